The molecule has 0 aliphatic carbocycles. The van der Waals surface area contributed by atoms with Crippen LogP contribution in [0.5, 0.6) is 0 Å². The summed E-state index contributed by atoms with van der Waals surface area (Å²) < 4.78 is 0. The van der Waals surface area contributed by atoms with Crippen LogP contribution in [0.2, 0.25) is 5.02 Å². The molecule has 1 aromatic rings. The summed E-state index contributed by atoms with van der Waals surface area (Å²) in [6.45, 7) is 5.50. The van der Waals surface area contributed by atoms with Crippen molar-refractivity contribution in [3.05, 3.63) is 23.4 Å². The normalized spacial score (nSPS) is 12.6. The molecule has 1 N–H and O–H groups in total. The molecular weight excluding hydrogens is 264 g/mol. The number of thioether (sulfide) groups is 1. The van der Waals surface area contributed by atoms with E-state index in [1.54, 1.807) is 18.0 Å². The molecule has 0 spiro atoms. The summed E-state index contributed by atoms with van der Waals surface area (Å²) in [5, 5.41) is 5.22. The van der Waals surface area contributed by atoms with Gasteiger partial charge in [-0.1, -0.05) is 37.8 Å². The van der Waals surface area contributed by atoms with Crippen LogP contribution in [0, 0.1) is 0 Å². The SMILES string of the molecule is CCCCCC(C)NCCSc1ncccc1Cl. The predicted octanol–water partition coefficient (Wildman–Crippen LogP) is 4.39. The summed E-state index contributed by atoms with van der Waals surface area (Å²) in [6, 6.07) is 4.36. The van der Waals surface area contributed by atoms with E-state index in [1.165, 1.54) is 25.7 Å². The van der Waals surface area contributed by atoms with Gasteiger partial charge in [-0.05, 0) is 25.5 Å². The topological polar surface area (TPSA) is 24.9 Å². The van der Waals surface area contributed by atoms with Crippen molar-refractivity contribution in [3.8, 4) is 0 Å². The van der Waals surface area contributed by atoms with E-state index < -0.39 is 0 Å². The minimum Gasteiger partial charge on any atom is -0.313 e. The second-order valence-electron chi connectivity index (χ2n) is 4.49. The highest BCUT2D eigenvalue weighted by Crippen LogP contribution is 2.23. The number of nitrogens with one attached hydrogen (secondary N) is 1. The molecule has 0 saturated carbocycles. The van der Waals surface area contributed by atoms with E-state index in [2.05, 4.69) is 24.1 Å². The van der Waals surface area contributed by atoms with Crippen LogP contribution >= 0.6 is 23.4 Å². The van der Waals surface area contributed by atoms with E-state index in [-0.39, 0.29) is 0 Å². The fraction of sp³-hybridized carbons (Fsp3) is 0.643. The summed E-state index contributed by atoms with van der Waals surface area (Å²) >= 11 is 7.76. The van der Waals surface area contributed by atoms with Crippen LogP contribution in [-0.2, 0) is 0 Å². The van der Waals surface area contributed by atoms with E-state index >= 15 is 0 Å². The summed E-state index contributed by atoms with van der Waals surface area (Å²) in [4.78, 5) is 4.26. The smallest absolute Gasteiger partial charge is 0.115 e. The first-order chi connectivity index (χ1) is 8.74. The summed E-state index contributed by atoms with van der Waals surface area (Å²) in [7, 11) is 0. The molecule has 0 amide bonds. The van der Waals surface area contributed by atoms with Crippen LogP contribution in [0.1, 0.15) is 39.5 Å². The van der Waals surface area contributed by atoms with Crippen molar-refractivity contribution in [3.63, 3.8) is 0 Å². The van der Waals surface area contributed by atoms with Crippen LogP contribution < -0.4 is 5.32 Å². The Kier molecular flexibility index (Phi) is 8.47. The molecule has 0 radical (unpaired) electrons. The molecule has 1 rings (SSSR count). The first kappa shape index (κ1) is 15.8. The number of hydrogen-bond acceptors (Lipinski definition) is 3. The molecule has 18 heavy (non-hydrogen) atoms. The van der Waals surface area contributed by atoms with E-state index in [0.717, 1.165) is 22.3 Å². The average molecular weight is 287 g/mol. The van der Waals surface area contributed by atoms with E-state index in [1.807, 2.05) is 12.1 Å². The molecule has 102 valence electrons. The average Bonchev–Trinajstić information content (AvgIpc) is 2.37. The Morgan fingerprint density at radius 2 is 2.28 bits per heavy atom. The first-order valence-electron chi connectivity index (χ1n) is 6.70. The van der Waals surface area contributed by atoms with Crippen LogP contribution in [0.3, 0.4) is 0 Å². The lowest BCUT2D eigenvalue weighted by molar-refractivity contribution is 0.502. The van der Waals surface area contributed by atoms with E-state index in [4.69, 9.17) is 11.6 Å². The number of hydrogen-bond donors (Lipinski definition) is 1. The quantitative estimate of drug-likeness (QED) is 0.538. The van der Waals surface area contributed by atoms with Crippen molar-refractivity contribution in [2.24, 2.45) is 0 Å². The molecule has 0 fully saturated rings. The zero-order valence-corrected chi connectivity index (χ0v) is 12.9. The van der Waals surface area contributed by atoms with Gasteiger partial charge in [-0.2, -0.15) is 0 Å². The summed E-state index contributed by atoms with van der Waals surface area (Å²) in [5.74, 6) is 1.01. The van der Waals surface area contributed by atoms with Crippen LogP contribution in [0.4, 0.5) is 0 Å². The molecule has 1 atom stereocenters. The van der Waals surface area contributed by atoms with Gasteiger partial charge in [0.15, 0.2) is 0 Å². The second kappa shape index (κ2) is 9.65. The standard InChI is InChI=1S/C14H23ClN2S/c1-3-4-5-7-12(2)16-10-11-18-14-13(15)8-6-9-17-14/h6,8-9,12,16H,3-5,7,10-11H2,1-2H3. The highest BCUT2D eigenvalue weighted by molar-refractivity contribution is 7.99. The van der Waals surface area contributed by atoms with Gasteiger partial charge in [0.25, 0.3) is 0 Å². The van der Waals surface area contributed by atoms with E-state index in [9.17, 15) is 0 Å². The first-order valence-corrected chi connectivity index (χ1v) is 8.07. The van der Waals surface area contributed by atoms with Gasteiger partial charge < -0.3 is 5.32 Å². The Hall–Kier alpha value is -0.250. The zero-order chi connectivity index (χ0) is 13.2. The lowest BCUT2D eigenvalue weighted by Gasteiger charge is -2.13. The highest BCUT2D eigenvalue weighted by atomic mass is 35.5. The second-order valence-corrected chi connectivity index (χ2v) is 5.98. The fourth-order valence-corrected chi connectivity index (χ4v) is 2.77. The third kappa shape index (κ3) is 6.62. The largest absolute Gasteiger partial charge is 0.313 e. The maximum absolute atomic E-state index is 6.05. The number of halogens is 1. The van der Waals surface area contributed by atoms with Gasteiger partial charge in [0.2, 0.25) is 0 Å². The third-order valence-corrected chi connectivity index (χ3v) is 4.22. The maximum atomic E-state index is 6.05. The van der Waals surface area contributed by atoms with Gasteiger partial charge in [-0.15, -0.1) is 11.8 Å². The van der Waals surface area contributed by atoms with Crippen molar-refractivity contribution >= 4 is 23.4 Å². The lowest BCUT2D eigenvalue weighted by Crippen LogP contribution is -2.28. The zero-order valence-electron chi connectivity index (χ0n) is 11.3. The Balaban J connectivity index is 2.09. The Morgan fingerprint density at radius 3 is 3.00 bits per heavy atom. The summed E-state index contributed by atoms with van der Waals surface area (Å²) in [5.41, 5.74) is 0. The molecule has 1 heterocycles. The van der Waals surface area contributed by atoms with Crippen LogP contribution in [-0.4, -0.2) is 23.3 Å². The molecule has 1 aromatic heterocycles. The minimum atomic E-state index is 0.608. The highest BCUT2D eigenvalue weighted by Gasteiger charge is 2.03. The number of rotatable bonds is 9. The number of unbranched alkanes of at least 4 members (excludes halogenated alkanes) is 2. The van der Waals surface area contributed by atoms with Gasteiger partial charge in [0.05, 0.1) is 5.02 Å². The number of aromatic nitrogens is 1. The van der Waals surface area contributed by atoms with Crippen molar-refractivity contribution in [1.82, 2.24) is 10.3 Å². The van der Waals surface area contributed by atoms with Crippen molar-refractivity contribution in [2.45, 2.75) is 50.6 Å². The van der Waals surface area contributed by atoms with Crippen LogP contribution in [0.25, 0.3) is 0 Å². The van der Waals surface area contributed by atoms with E-state index in [0.29, 0.717) is 6.04 Å². The number of pyridine rings is 1. The molecule has 0 aliphatic rings. The predicted molar refractivity (Wildman–Crippen MR) is 81.6 cm³/mol. The monoisotopic (exact) mass is 286 g/mol. The molecule has 0 aliphatic heterocycles. The fourth-order valence-electron chi connectivity index (χ4n) is 1.73. The lowest BCUT2D eigenvalue weighted by atomic mass is 10.1. The van der Waals surface area contributed by atoms with Crippen molar-refractivity contribution in [2.75, 3.05) is 12.3 Å². The molecule has 4 heteroatoms. The molecule has 0 bridgehead atoms. The maximum Gasteiger partial charge on any atom is 0.115 e. The number of nitrogens with zero attached hydrogens (tertiary/aromatic N) is 1. The molecule has 1 unspecified atom stereocenters. The molecule has 0 saturated heterocycles. The van der Waals surface area contributed by atoms with Gasteiger partial charge in [-0.25, -0.2) is 4.98 Å². The van der Waals surface area contributed by atoms with Gasteiger partial charge in [0, 0.05) is 24.5 Å². The van der Waals surface area contributed by atoms with Crippen LogP contribution in [0.15, 0.2) is 23.4 Å². The minimum absolute atomic E-state index is 0.608. The Bertz CT molecular complexity index is 333. The Labute approximate surface area is 120 Å². The molecule has 2 nitrogen and oxygen atoms in total. The summed E-state index contributed by atoms with van der Waals surface area (Å²) in [6.07, 6.45) is 7.01. The van der Waals surface area contributed by atoms with Gasteiger partial charge >= 0.3 is 0 Å². The van der Waals surface area contributed by atoms with Gasteiger partial charge in [-0.3, -0.25) is 0 Å². The molecular formula is C14H23ClN2S. The Morgan fingerprint density at radius 1 is 1.44 bits per heavy atom. The third-order valence-electron chi connectivity index (χ3n) is 2.80. The van der Waals surface area contributed by atoms with Gasteiger partial charge in [0.1, 0.15) is 5.03 Å². The van der Waals surface area contributed by atoms with Crippen molar-refractivity contribution in [1.29, 1.82) is 0 Å². The van der Waals surface area contributed by atoms with Crippen molar-refractivity contribution < 1.29 is 0 Å². The molecule has 0 aromatic carbocycles.